The predicted molar refractivity (Wildman–Crippen MR) is 112 cm³/mol. The third kappa shape index (κ3) is 2.58. The highest BCUT2D eigenvalue weighted by Crippen LogP contribution is 2.53. The zero-order valence-electron chi connectivity index (χ0n) is 16.1. The van der Waals surface area contributed by atoms with E-state index in [2.05, 4.69) is 40.3 Å². The third-order valence-electron chi connectivity index (χ3n) is 7.01. The zero-order chi connectivity index (χ0) is 18.9. The maximum atomic E-state index is 6.07. The first kappa shape index (κ1) is 16.5. The minimum absolute atomic E-state index is 0.558. The summed E-state index contributed by atoms with van der Waals surface area (Å²) in [6.07, 6.45) is 9.23. The van der Waals surface area contributed by atoms with Crippen LogP contribution in [0, 0.1) is 0 Å². The first-order valence-electron chi connectivity index (χ1n) is 10.5. The molecule has 5 nitrogen and oxygen atoms in total. The van der Waals surface area contributed by atoms with Gasteiger partial charge in [0.25, 0.3) is 0 Å². The molecule has 4 aliphatic rings. The quantitative estimate of drug-likeness (QED) is 0.611. The van der Waals surface area contributed by atoms with Crippen molar-refractivity contribution in [2.45, 2.75) is 60.7 Å². The Morgan fingerprint density at radius 3 is 2.90 bits per heavy atom. The lowest BCUT2D eigenvalue weighted by molar-refractivity contribution is 0.287. The van der Waals surface area contributed by atoms with Crippen molar-refractivity contribution in [3.8, 4) is 22.7 Å². The number of piperidine rings is 2. The summed E-state index contributed by atoms with van der Waals surface area (Å²) < 4.78 is 7.95. The Morgan fingerprint density at radius 2 is 2.00 bits per heavy atom. The van der Waals surface area contributed by atoms with E-state index in [1.54, 1.807) is 6.20 Å². The van der Waals surface area contributed by atoms with Crippen LogP contribution in [0.2, 0.25) is 0 Å². The van der Waals surface area contributed by atoms with Crippen LogP contribution in [0.4, 0.5) is 0 Å². The summed E-state index contributed by atoms with van der Waals surface area (Å²) >= 11 is 1.96. The van der Waals surface area contributed by atoms with E-state index in [9.17, 15) is 0 Å². The molecule has 29 heavy (non-hydrogen) atoms. The van der Waals surface area contributed by atoms with Gasteiger partial charge < -0.3 is 4.74 Å². The Morgan fingerprint density at radius 1 is 1.03 bits per heavy atom. The normalized spacial score (nSPS) is 30.8. The Balaban J connectivity index is 1.14. The summed E-state index contributed by atoms with van der Waals surface area (Å²) in [7, 11) is 0. The molecule has 1 aromatic carbocycles. The van der Waals surface area contributed by atoms with Gasteiger partial charge in [0.15, 0.2) is 0 Å². The Labute approximate surface area is 174 Å². The molecule has 7 rings (SSSR count). The van der Waals surface area contributed by atoms with Crippen molar-refractivity contribution < 1.29 is 4.74 Å². The fourth-order valence-corrected chi connectivity index (χ4v) is 6.92. The van der Waals surface area contributed by atoms with Crippen molar-refractivity contribution in [2.75, 3.05) is 0 Å². The fraction of sp³-hybridized carbons (Fsp3) is 0.391. The van der Waals surface area contributed by atoms with Gasteiger partial charge in [0.2, 0.25) is 5.88 Å². The van der Waals surface area contributed by atoms with Gasteiger partial charge in [0.05, 0.1) is 5.69 Å². The molecule has 0 N–H and O–H groups in total. The van der Waals surface area contributed by atoms with Crippen LogP contribution < -0.4 is 4.74 Å². The second-order valence-electron chi connectivity index (χ2n) is 8.61. The molecule has 2 unspecified atom stereocenters. The molecule has 6 heterocycles. The van der Waals surface area contributed by atoms with Gasteiger partial charge in [-0.2, -0.15) is 5.10 Å². The number of fused-ring (bicyclic) bond motifs is 4. The van der Waals surface area contributed by atoms with Crippen LogP contribution in [0.25, 0.3) is 16.8 Å². The second-order valence-corrected chi connectivity index (χ2v) is 9.93. The van der Waals surface area contributed by atoms with Gasteiger partial charge in [-0.05, 0) is 67.1 Å². The first-order chi connectivity index (χ1) is 14.3. The van der Waals surface area contributed by atoms with E-state index in [1.165, 1.54) is 36.8 Å². The standard InChI is InChI=1S/C23H22N4OS/c1-8-24-26(9-1)15-2-4-18-14(10-15)13-28-23-19(18)5-7-22(25-23)29-17-11-16-3-6-20-21(12-17)27(16)20/h1-2,4-5,7-10,16-17,20-21H,3,6,11-13H2/t16-,17-,20+,21?,27?/m0/s1. The van der Waals surface area contributed by atoms with E-state index in [1.807, 2.05) is 28.7 Å². The first-order valence-corrected chi connectivity index (χ1v) is 11.4. The molecule has 0 radical (unpaired) electrons. The van der Waals surface area contributed by atoms with Crippen molar-refractivity contribution in [1.29, 1.82) is 0 Å². The van der Waals surface area contributed by atoms with Crippen LogP contribution in [0.5, 0.6) is 5.88 Å². The highest BCUT2D eigenvalue weighted by atomic mass is 32.2. The summed E-state index contributed by atoms with van der Waals surface area (Å²) in [5.74, 6) is 0.778. The van der Waals surface area contributed by atoms with Crippen molar-refractivity contribution in [3.63, 3.8) is 0 Å². The lowest BCUT2D eigenvalue weighted by atomic mass is 9.96. The molecule has 3 fully saturated rings. The van der Waals surface area contributed by atoms with Gasteiger partial charge in [-0.25, -0.2) is 9.67 Å². The van der Waals surface area contributed by atoms with E-state index in [4.69, 9.17) is 9.72 Å². The summed E-state index contributed by atoms with van der Waals surface area (Å²) in [6.45, 7) is 0.558. The average Bonchev–Trinajstić information content (AvgIpc) is 3.11. The number of pyridine rings is 1. The zero-order valence-corrected chi connectivity index (χ0v) is 16.9. The molecular weight excluding hydrogens is 380 g/mol. The minimum atomic E-state index is 0.558. The molecule has 3 aromatic rings. The highest BCUT2D eigenvalue weighted by Gasteiger charge is 2.58. The molecule has 0 bridgehead atoms. The predicted octanol–water partition coefficient (Wildman–Crippen LogP) is 4.30. The number of benzene rings is 1. The van der Waals surface area contributed by atoms with Gasteiger partial charge in [-0.3, -0.25) is 4.90 Å². The number of aromatic nitrogens is 3. The largest absolute Gasteiger partial charge is 0.472 e. The maximum Gasteiger partial charge on any atom is 0.222 e. The summed E-state index contributed by atoms with van der Waals surface area (Å²) in [6, 6.07) is 15.4. The number of hydrogen-bond donors (Lipinski definition) is 0. The van der Waals surface area contributed by atoms with Crippen molar-refractivity contribution in [1.82, 2.24) is 19.7 Å². The van der Waals surface area contributed by atoms with Crippen molar-refractivity contribution in [2.24, 2.45) is 0 Å². The molecule has 0 aliphatic carbocycles. The van der Waals surface area contributed by atoms with Crippen molar-refractivity contribution in [3.05, 3.63) is 54.4 Å². The summed E-state index contributed by atoms with van der Waals surface area (Å²) in [4.78, 5) is 7.65. The number of ether oxygens (including phenoxy) is 1. The number of nitrogens with zero attached hydrogens (tertiary/aromatic N) is 4. The molecule has 4 aliphatic heterocycles. The van der Waals surface area contributed by atoms with Gasteiger partial charge in [-0.1, -0.05) is 6.07 Å². The highest BCUT2D eigenvalue weighted by molar-refractivity contribution is 7.99. The second kappa shape index (κ2) is 6.09. The average molecular weight is 403 g/mol. The molecule has 2 aromatic heterocycles. The van der Waals surface area contributed by atoms with E-state index < -0.39 is 0 Å². The molecule has 0 saturated carbocycles. The van der Waals surface area contributed by atoms with Crippen LogP contribution >= 0.6 is 11.8 Å². The lowest BCUT2D eigenvalue weighted by Gasteiger charge is -2.28. The van der Waals surface area contributed by atoms with Crippen LogP contribution in [0.15, 0.2) is 53.8 Å². The maximum absolute atomic E-state index is 6.07. The van der Waals surface area contributed by atoms with E-state index in [0.29, 0.717) is 11.9 Å². The Bertz CT molecular complexity index is 1100. The molecule has 5 atom stereocenters. The van der Waals surface area contributed by atoms with E-state index in [-0.39, 0.29) is 0 Å². The number of thioether (sulfide) groups is 1. The lowest BCUT2D eigenvalue weighted by Crippen LogP contribution is -2.30. The third-order valence-corrected chi connectivity index (χ3v) is 8.20. The van der Waals surface area contributed by atoms with E-state index >= 15 is 0 Å². The Hall–Kier alpha value is -2.31. The van der Waals surface area contributed by atoms with Gasteiger partial charge >= 0.3 is 0 Å². The van der Waals surface area contributed by atoms with Crippen LogP contribution in [0.1, 0.15) is 31.2 Å². The van der Waals surface area contributed by atoms with Gasteiger partial charge in [-0.15, -0.1) is 11.8 Å². The SMILES string of the molecule is c1cnn(-c2ccc3c(c2)COc2nc(S[C@@H]4CC5[C@H]6CC[C@@H](C4)N56)ccc2-3)c1. The smallest absolute Gasteiger partial charge is 0.222 e. The number of rotatable bonds is 3. The molecule has 0 amide bonds. The van der Waals surface area contributed by atoms with Crippen LogP contribution in [-0.4, -0.2) is 43.0 Å². The van der Waals surface area contributed by atoms with Gasteiger partial charge in [0, 0.05) is 41.3 Å². The molecule has 3 saturated heterocycles. The minimum Gasteiger partial charge on any atom is -0.472 e. The summed E-state index contributed by atoms with van der Waals surface area (Å²) in [5.41, 5.74) is 4.56. The van der Waals surface area contributed by atoms with E-state index in [0.717, 1.165) is 40.3 Å². The van der Waals surface area contributed by atoms with Crippen LogP contribution in [-0.2, 0) is 6.61 Å². The summed E-state index contributed by atoms with van der Waals surface area (Å²) in [5, 5.41) is 6.13. The molecular formula is C23H22N4OS. The monoisotopic (exact) mass is 402 g/mol. The van der Waals surface area contributed by atoms with Crippen LogP contribution in [0.3, 0.4) is 0 Å². The molecule has 6 heteroatoms. The molecule has 146 valence electrons. The van der Waals surface area contributed by atoms with Crippen molar-refractivity contribution >= 4 is 11.8 Å². The molecule has 0 spiro atoms. The number of hydrogen-bond acceptors (Lipinski definition) is 5. The van der Waals surface area contributed by atoms with Gasteiger partial charge in [0.1, 0.15) is 11.6 Å². The fourth-order valence-electron chi connectivity index (χ4n) is 5.68. The Kier molecular flexibility index (Phi) is 3.46. The topological polar surface area (TPSA) is 42.9 Å².